The fourth-order valence-corrected chi connectivity index (χ4v) is 16.3. The number of quaternary nitrogens is 1. The fourth-order valence-electron chi connectivity index (χ4n) is 14.6. The average molecular weight is 1730 g/mol. The van der Waals surface area contributed by atoms with Gasteiger partial charge in [0, 0.05) is 98.4 Å². The minimum Gasteiger partial charge on any atom is -0.497 e. The Bertz CT molecular complexity index is 4720. The third-order valence-corrected chi connectivity index (χ3v) is 23.2. The van der Waals surface area contributed by atoms with Crippen molar-refractivity contribution < 1.29 is 104 Å². The number of methoxy groups -OCH3 is 1. The van der Waals surface area contributed by atoms with Gasteiger partial charge in [0.1, 0.15) is 71.6 Å². The number of aromatic nitrogens is 4. The predicted molar refractivity (Wildman–Crippen MR) is 440 cm³/mol. The Kier molecular flexibility index (Phi) is 32.8. The first-order chi connectivity index (χ1) is 57.6. The van der Waals surface area contributed by atoms with Crippen LogP contribution in [0.2, 0.25) is 0 Å². The van der Waals surface area contributed by atoms with Crippen LogP contribution in [0.25, 0.3) is 16.6 Å². The number of amides is 10. The number of carboxylic acids is 1. The first-order valence-electron chi connectivity index (χ1n) is 40.0. The third kappa shape index (κ3) is 26.3. The molecule has 0 radical (unpaired) electrons. The number of carbonyl (C=O) groups is 11. The van der Waals surface area contributed by atoms with Crippen molar-refractivity contribution in [3.63, 3.8) is 0 Å². The van der Waals surface area contributed by atoms with Crippen LogP contribution in [0.5, 0.6) is 5.75 Å². The molecule has 32 nitrogen and oxygen atoms in total. The summed E-state index contributed by atoms with van der Waals surface area (Å²) in [5.74, 6) is -8.61. The molecular weight excluding hydrogens is 1620 g/mol. The molecule has 121 heavy (non-hydrogen) atoms. The van der Waals surface area contributed by atoms with Gasteiger partial charge in [-0.05, 0) is 122 Å². The molecule has 4 aromatic carbocycles. The van der Waals surface area contributed by atoms with Crippen LogP contribution in [0, 0.1) is 5.82 Å². The van der Waals surface area contributed by atoms with Crippen LogP contribution in [0.1, 0.15) is 91.9 Å². The molecule has 14 bridgehead atoms. The molecule has 11 rings (SSSR count). The van der Waals surface area contributed by atoms with Crippen molar-refractivity contribution in [3.8, 4) is 11.4 Å². The summed E-state index contributed by atoms with van der Waals surface area (Å²) in [6.45, 7) is 6.12. The van der Waals surface area contributed by atoms with Crippen LogP contribution in [-0.4, -0.2) is 281 Å². The van der Waals surface area contributed by atoms with E-state index in [4.69, 9.17) is 28.8 Å². The van der Waals surface area contributed by atoms with Gasteiger partial charge in [0.05, 0.1) is 91.9 Å². The number of ether oxygens (including phenoxy) is 4. The second-order valence-corrected chi connectivity index (χ2v) is 33.7. The van der Waals surface area contributed by atoms with Crippen molar-refractivity contribution in [2.75, 3.05) is 106 Å². The van der Waals surface area contributed by atoms with E-state index in [0.717, 1.165) is 27.7 Å². The summed E-state index contributed by atoms with van der Waals surface area (Å²) in [6.07, 6.45) is -0.362. The Morgan fingerprint density at radius 3 is 2.17 bits per heavy atom. The summed E-state index contributed by atoms with van der Waals surface area (Å²) in [5, 5.41) is 50.9. The molecule has 0 spiro atoms. The SMILES string of the molecule is COc1ccc(C[C@@H]2NC(=O)[C@H]([C@@H](C)O)NC(=O)[C@@H]3[C@@H]4CCN3C(=O)[C@@H]3Cc5cn(c6ccc(F)cc56)Cc5cn(nn5)-c5cc(cc(c5)CSCCC(=O)N[C@@H](CNC(=O)CCOCCOCC[N+](C)(C)C)C(=O)N[C@H](C)C(=O)N[C@@H](Cc5cccc(c5)C/C=C/CO4)C(=O)N3)CSCCNC(=O)[C@]3(C)CCCN3C2=O)cc1.O=C(O)C(F)(F)F. The zero-order valence-corrected chi connectivity index (χ0v) is 70.2. The van der Waals surface area contributed by atoms with E-state index in [1.54, 1.807) is 84.3 Å². The van der Waals surface area contributed by atoms with Crippen LogP contribution in [0.15, 0.2) is 109 Å². The number of aliphatic carboxylic acids is 1. The summed E-state index contributed by atoms with van der Waals surface area (Å²) in [7, 11) is 7.68. The van der Waals surface area contributed by atoms with Crippen molar-refractivity contribution in [1.29, 1.82) is 0 Å². The number of alkyl halides is 3. The number of thioether (sulfide) groups is 2. The molecule has 2 aromatic heterocycles. The minimum atomic E-state index is -5.08. The van der Waals surface area contributed by atoms with Gasteiger partial charge in [0.25, 0.3) is 0 Å². The summed E-state index contributed by atoms with van der Waals surface area (Å²) in [4.78, 5) is 161. The monoisotopic (exact) mass is 1720 g/mol. The molecule has 5 aliphatic heterocycles. The van der Waals surface area contributed by atoms with E-state index in [1.165, 1.54) is 54.7 Å². The van der Waals surface area contributed by atoms with Gasteiger partial charge in [-0.25, -0.2) is 13.9 Å². The molecule has 7 heterocycles. The summed E-state index contributed by atoms with van der Waals surface area (Å²) < 4.78 is 75.1. The minimum absolute atomic E-state index is 0.0377. The van der Waals surface area contributed by atoms with Crippen molar-refractivity contribution in [2.24, 2.45) is 0 Å². The standard InChI is InChI=1S/C81H104FN15O15S2.C2HF3O2/c1-50-73(101)87-63-41-54-14-10-13-52(36-54)12-8-9-29-112-68-21-27-94-72(68)77(105)90-71(51(2)98)76(104)89-64(40-53-15-18-61(109-7)19-16-53)79(107)95-26-11-24-81(95,3)80(108)83-25-35-114-49-56-37-55(48-113-34-23-70(100)86-66(75(103)85-50)44-84-69(99)22-30-110-32-33-111-31-28-97(4,5)6)38-60(39-56)96-47-59(91-92-96)46-93-45-57(42-65(78(94)106)88-74(63)102)62-43-58(82)17-20-67(62)93;3-2(4,5)1(6)7/h8-10,13-20,36-39,43,45,47,50-51,63-66,68,71-72,98H,11-12,21-35,40-42,44,46,48-49H2,1-7H3,(H7-,83,84,85,86,87,88,89,90,99,100,101,102,103,104,105,108);(H,6,7)/p+1/b9-8+;/t50-,51-,63+,64+,65+,66+,68+,71+,72+,81+;/m1./s1. The molecule has 2 saturated heterocycles. The maximum Gasteiger partial charge on any atom is 0.490 e. The van der Waals surface area contributed by atoms with Crippen molar-refractivity contribution in [1.82, 2.24) is 71.9 Å². The highest BCUT2D eigenvalue weighted by molar-refractivity contribution is 7.98. The average Bonchev–Trinajstić information content (AvgIpc) is 1.79. The van der Waals surface area contributed by atoms with Gasteiger partial charge >= 0.3 is 12.1 Å². The van der Waals surface area contributed by atoms with Gasteiger partial charge in [-0.3, -0.25) is 47.9 Å². The molecule has 654 valence electrons. The third-order valence-electron chi connectivity index (χ3n) is 21.1. The summed E-state index contributed by atoms with van der Waals surface area (Å²) in [6, 6.07) is 13.6. The topological polar surface area (TPSA) is 404 Å². The first-order valence-corrected chi connectivity index (χ1v) is 42.3. The Labute approximate surface area is 706 Å². The molecule has 0 aliphatic carbocycles. The van der Waals surface area contributed by atoms with E-state index in [0.29, 0.717) is 94.5 Å². The lowest BCUT2D eigenvalue weighted by molar-refractivity contribution is -0.870. The molecule has 38 heteroatoms. The quantitative estimate of drug-likeness (QED) is 0.0305. The van der Waals surface area contributed by atoms with Gasteiger partial charge in [-0.15, -0.1) is 5.10 Å². The van der Waals surface area contributed by atoms with Crippen LogP contribution < -0.4 is 47.3 Å². The number of hydrogen-bond donors (Lipinski definition) is 10. The second kappa shape index (κ2) is 42.8. The highest BCUT2D eigenvalue weighted by Gasteiger charge is 2.50. The van der Waals surface area contributed by atoms with Crippen LogP contribution in [-0.2, 0) is 111 Å². The van der Waals surface area contributed by atoms with E-state index < -0.39 is 137 Å². The molecule has 6 aromatic rings. The fraction of sp³-hybridized carbons (Fsp3) is 0.506. The van der Waals surface area contributed by atoms with Crippen LogP contribution >= 0.6 is 23.5 Å². The van der Waals surface area contributed by atoms with Gasteiger partial charge in [0.2, 0.25) is 59.1 Å². The van der Waals surface area contributed by atoms with Gasteiger partial charge in [0.15, 0.2) is 0 Å². The molecule has 2 fully saturated rings. The summed E-state index contributed by atoms with van der Waals surface area (Å²) in [5.41, 5.74) is 4.35. The van der Waals surface area contributed by atoms with Crippen molar-refractivity contribution in [3.05, 3.63) is 154 Å². The molecular formula is C83H106F4N15O17S2+. The Hall–Kier alpha value is -10.5. The number of aliphatic hydroxyl groups excluding tert-OH is 1. The predicted octanol–water partition coefficient (Wildman–Crippen LogP) is 3.11. The Morgan fingerprint density at radius 1 is 0.760 bits per heavy atom. The molecule has 10 atom stereocenters. The number of carbonyl (C=O) groups excluding carboxylic acids is 10. The number of nitrogens with zero attached hydrogens (tertiary/aromatic N) is 7. The largest absolute Gasteiger partial charge is 0.497 e. The number of halogens is 4. The molecule has 5 aliphatic rings. The first kappa shape index (κ1) is 92.8. The van der Waals surface area contributed by atoms with E-state index in [-0.39, 0.29) is 96.8 Å². The maximum atomic E-state index is 16.2. The van der Waals surface area contributed by atoms with E-state index in [1.807, 2.05) is 41.0 Å². The molecule has 0 unspecified atom stereocenters. The molecule has 0 saturated carbocycles. The van der Waals surface area contributed by atoms with E-state index in [9.17, 15) is 42.3 Å². The normalized spacial score (nSPS) is 23.7. The molecule has 10 amide bonds. The lowest BCUT2D eigenvalue weighted by atomic mass is 9.95. The van der Waals surface area contributed by atoms with Gasteiger partial charge in [-0.2, -0.15) is 36.7 Å². The number of rotatable bonds is 15. The number of allylic oxidation sites excluding steroid dienone is 1. The lowest BCUT2D eigenvalue weighted by Crippen LogP contribution is -2.64. The zero-order valence-electron chi connectivity index (χ0n) is 68.5. The number of likely N-dealkylation sites (N-methyl/N-ethyl adjacent to an activating group) is 1. The van der Waals surface area contributed by atoms with Gasteiger partial charge < -0.3 is 90.5 Å². The number of carboxylic acid groups (broad SMARTS) is 1. The lowest BCUT2D eigenvalue weighted by Gasteiger charge is -2.37. The highest BCUT2D eigenvalue weighted by Crippen LogP contribution is 2.33. The number of hydrogen-bond acceptors (Lipinski definition) is 20. The number of aliphatic hydroxyl groups is 1. The number of fused-ring (bicyclic) bond motifs is 8. The van der Waals surface area contributed by atoms with Crippen LogP contribution in [0.4, 0.5) is 17.6 Å². The van der Waals surface area contributed by atoms with Crippen molar-refractivity contribution in [2.45, 2.75) is 163 Å². The highest BCUT2D eigenvalue weighted by atomic mass is 32.2. The van der Waals surface area contributed by atoms with E-state index in [2.05, 4.69) is 74.0 Å². The summed E-state index contributed by atoms with van der Waals surface area (Å²) >= 11 is 3.00. The van der Waals surface area contributed by atoms with E-state index >= 15 is 28.4 Å². The maximum absolute atomic E-state index is 16.2. The van der Waals surface area contributed by atoms with Crippen molar-refractivity contribution >= 4 is 99.5 Å². The van der Waals surface area contributed by atoms with Gasteiger partial charge in [-0.1, -0.05) is 59.8 Å². The Morgan fingerprint density at radius 2 is 1.46 bits per heavy atom. The smallest absolute Gasteiger partial charge is 0.490 e. The van der Waals surface area contributed by atoms with Crippen LogP contribution in [0.3, 0.4) is 0 Å². The Balaban J connectivity index is 0.00000210. The number of benzene rings is 4. The number of nitrogens with one attached hydrogen (secondary N) is 8. The second-order valence-electron chi connectivity index (χ2n) is 31.5. The molecule has 10 N–H and O–H groups in total. The zero-order chi connectivity index (χ0) is 87.3.